The molecule has 1 N–H and O–H groups in total. The maximum absolute atomic E-state index is 11.8. The first-order valence-corrected chi connectivity index (χ1v) is 6.79. The van der Waals surface area contributed by atoms with E-state index in [4.69, 9.17) is 0 Å². The normalized spacial score (nSPS) is 10.9. The molecular formula is C16H11N5O. The SMILES string of the molecule is O=c1[nH]nc2nc(-c3ccccc3)c(-c3ccccc3)nn12. The Bertz CT molecular complexity index is 989. The molecule has 0 saturated heterocycles. The van der Waals surface area contributed by atoms with E-state index < -0.39 is 5.69 Å². The van der Waals surface area contributed by atoms with Crippen molar-refractivity contribution in [3.8, 4) is 22.5 Å². The van der Waals surface area contributed by atoms with E-state index in [2.05, 4.69) is 20.3 Å². The molecule has 0 spiro atoms. The number of hydrogen-bond donors (Lipinski definition) is 1. The van der Waals surface area contributed by atoms with E-state index in [9.17, 15) is 4.79 Å². The average Bonchev–Trinajstić information content (AvgIpc) is 2.96. The van der Waals surface area contributed by atoms with Gasteiger partial charge in [-0.3, -0.25) is 0 Å². The van der Waals surface area contributed by atoms with Gasteiger partial charge in [0.1, 0.15) is 11.4 Å². The van der Waals surface area contributed by atoms with Crippen molar-refractivity contribution in [2.75, 3.05) is 0 Å². The summed E-state index contributed by atoms with van der Waals surface area (Å²) >= 11 is 0. The molecule has 6 heteroatoms. The van der Waals surface area contributed by atoms with E-state index in [1.165, 1.54) is 4.52 Å². The van der Waals surface area contributed by atoms with Crippen LogP contribution >= 0.6 is 0 Å². The Hall–Kier alpha value is -3.28. The fourth-order valence-corrected chi connectivity index (χ4v) is 2.33. The Kier molecular flexibility index (Phi) is 2.79. The van der Waals surface area contributed by atoms with Gasteiger partial charge in [-0.1, -0.05) is 60.7 Å². The van der Waals surface area contributed by atoms with Crippen LogP contribution in [0.2, 0.25) is 0 Å². The molecular weight excluding hydrogens is 278 g/mol. The predicted octanol–water partition coefficient (Wildman–Crippen LogP) is 2.15. The summed E-state index contributed by atoms with van der Waals surface area (Å²) in [6.45, 7) is 0. The van der Waals surface area contributed by atoms with Gasteiger partial charge in [0.05, 0.1) is 0 Å². The van der Waals surface area contributed by atoms with Gasteiger partial charge in [-0.2, -0.15) is 5.10 Å². The summed E-state index contributed by atoms with van der Waals surface area (Å²) in [7, 11) is 0. The maximum Gasteiger partial charge on any atom is 0.365 e. The molecule has 0 radical (unpaired) electrons. The van der Waals surface area contributed by atoms with Crippen molar-refractivity contribution >= 4 is 5.78 Å². The van der Waals surface area contributed by atoms with Gasteiger partial charge in [-0.05, 0) is 0 Å². The van der Waals surface area contributed by atoms with E-state index in [1.807, 2.05) is 60.7 Å². The lowest BCUT2D eigenvalue weighted by molar-refractivity contribution is 0.868. The predicted molar refractivity (Wildman–Crippen MR) is 82.3 cm³/mol. The van der Waals surface area contributed by atoms with Crippen molar-refractivity contribution in [3.63, 3.8) is 0 Å². The zero-order chi connectivity index (χ0) is 14.9. The molecule has 0 bridgehead atoms. The van der Waals surface area contributed by atoms with Gasteiger partial charge in [0.15, 0.2) is 0 Å². The molecule has 4 aromatic rings. The highest BCUT2D eigenvalue weighted by atomic mass is 16.2. The van der Waals surface area contributed by atoms with Crippen LogP contribution < -0.4 is 5.69 Å². The third kappa shape index (κ3) is 1.98. The van der Waals surface area contributed by atoms with Crippen LogP contribution in [0.1, 0.15) is 0 Å². The molecule has 0 fully saturated rings. The zero-order valence-electron chi connectivity index (χ0n) is 11.5. The van der Waals surface area contributed by atoms with Crippen LogP contribution in [0.25, 0.3) is 28.3 Å². The largest absolute Gasteiger partial charge is 0.365 e. The number of nitrogens with one attached hydrogen (secondary N) is 1. The van der Waals surface area contributed by atoms with Crippen molar-refractivity contribution in [2.45, 2.75) is 0 Å². The number of aromatic nitrogens is 5. The first-order chi connectivity index (χ1) is 10.8. The highest BCUT2D eigenvalue weighted by molar-refractivity contribution is 5.78. The molecule has 4 rings (SSSR count). The number of rotatable bonds is 2. The number of benzene rings is 2. The van der Waals surface area contributed by atoms with Crippen LogP contribution in [0.3, 0.4) is 0 Å². The maximum atomic E-state index is 11.8. The van der Waals surface area contributed by atoms with Gasteiger partial charge in [-0.25, -0.2) is 14.9 Å². The molecule has 22 heavy (non-hydrogen) atoms. The Morgan fingerprint density at radius 2 is 1.41 bits per heavy atom. The van der Waals surface area contributed by atoms with Crippen LogP contribution in [0, 0.1) is 0 Å². The van der Waals surface area contributed by atoms with E-state index in [0.29, 0.717) is 11.4 Å². The second-order valence-corrected chi connectivity index (χ2v) is 4.78. The van der Waals surface area contributed by atoms with Crippen LogP contribution in [0.15, 0.2) is 65.5 Å². The topological polar surface area (TPSA) is 75.9 Å². The Morgan fingerprint density at radius 3 is 2.05 bits per heavy atom. The van der Waals surface area contributed by atoms with E-state index in [0.717, 1.165) is 11.1 Å². The summed E-state index contributed by atoms with van der Waals surface area (Å²) in [6, 6.07) is 19.4. The summed E-state index contributed by atoms with van der Waals surface area (Å²) < 4.78 is 1.18. The van der Waals surface area contributed by atoms with Crippen molar-refractivity contribution in [1.82, 2.24) is 24.8 Å². The van der Waals surface area contributed by atoms with Gasteiger partial charge in [0.2, 0.25) is 0 Å². The van der Waals surface area contributed by atoms with Crippen LogP contribution in [-0.4, -0.2) is 24.8 Å². The zero-order valence-corrected chi connectivity index (χ0v) is 11.5. The van der Waals surface area contributed by atoms with Gasteiger partial charge in [0, 0.05) is 11.1 Å². The first kappa shape index (κ1) is 12.5. The standard InChI is InChI=1S/C16H11N5O/c22-16-19-18-15-17-13(11-7-3-1-4-8-11)14(20-21(15)16)12-9-5-2-6-10-12/h1-10H,(H,19,22). The highest BCUT2D eigenvalue weighted by Crippen LogP contribution is 2.28. The van der Waals surface area contributed by atoms with E-state index >= 15 is 0 Å². The van der Waals surface area contributed by atoms with E-state index in [-0.39, 0.29) is 5.78 Å². The Balaban J connectivity index is 2.07. The molecule has 0 aliphatic rings. The average molecular weight is 289 g/mol. The first-order valence-electron chi connectivity index (χ1n) is 6.79. The third-order valence-electron chi connectivity index (χ3n) is 3.36. The smallest absolute Gasteiger partial charge is 0.244 e. The van der Waals surface area contributed by atoms with Gasteiger partial charge in [-0.15, -0.1) is 9.61 Å². The molecule has 0 aliphatic carbocycles. The lowest BCUT2D eigenvalue weighted by Gasteiger charge is -2.08. The van der Waals surface area contributed by atoms with Crippen molar-refractivity contribution in [1.29, 1.82) is 0 Å². The van der Waals surface area contributed by atoms with Gasteiger partial charge < -0.3 is 0 Å². The lowest BCUT2D eigenvalue weighted by atomic mass is 10.0. The molecule has 0 aliphatic heterocycles. The molecule has 0 saturated carbocycles. The fraction of sp³-hybridized carbons (Fsp3) is 0. The quantitative estimate of drug-likeness (QED) is 0.613. The number of hydrogen-bond acceptors (Lipinski definition) is 4. The van der Waals surface area contributed by atoms with Crippen LogP contribution in [0.5, 0.6) is 0 Å². The highest BCUT2D eigenvalue weighted by Gasteiger charge is 2.15. The Labute approximate surface area is 125 Å². The van der Waals surface area contributed by atoms with Crippen molar-refractivity contribution in [2.24, 2.45) is 0 Å². The number of nitrogens with zero attached hydrogens (tertiary/aromatic N) is 4. The minimum atomic E-state index is -0.403. The molecule has 0 amide bonds. The van der Waals surface area contributed by atoms with Crippen LogP contribution in [-0.2, 0) is 0 Å². The lowest BCUT2D eigenvalue weighted by Crippen LogP contribution is -2.14. The monoisotopic (exact) mass is 289 g/mol. The molecule has 2 aromatic heterocycles. The molecule has 2 aromatic carbocycles. The summed E-state index contributed by atoms with van der Waals surface area (Å²) in [5.74, 6) is 0.253. The number of fused-ring (bicyclic) bond motifs is 1. The summed E-state index contributed by atoms with van der Waals surface area (Å²) in [5, 5.41) is 10.7. The second kappa shape index (κ2) is 4.92. The van der Waals surface area contributed by atoms with Gasteiger partial charge >= 0.3 is 5.69 Å². The summed E-state index contributed by atoms with van der Waals surface area (Å²) in [4.78, 5) is 16.3. The molecule has 0 unspecified atom stereocenters. The van der Waals surface area contributed by atoms with E-state index in [1.54, 1.807) is 0 Å². The third-order valence-corrected chi connectivity index (χ3v) is 3.36. The molecule has 106 valence electrons. The van der Waals surface area contributed by atoms with Crippen molar-refractivity contribution in [3.05, 3.63) is 71.1 Å². The number of H-pyrrole nitrogens is 1. The Morgan fingerprint density at radius 1 is 0.818 bits per heavy atom. The fourth-order valence-electron chi connectivity index (χ4n) is 2.33. The minimum Gasteiger partial charge on any atom is -0.244 e. The van der Waals surface area contributed by atoms with Gasteiger partial charge in [0.25, 0.3) is 5.78 Å². The van der Waals surface area contributed by atoms with Crippen LogP contribution in [0.4, 0.5) is 0 Å². The molecule has 6 nitrogen and oxygen atoms in total. The van der Waals surface area contributed by atoms with Crippen molar-refractivity contribution < 1.29 is 0 Å². The summed E-state index contributed by atoms with van der Waals surface area (Å²) in [6.07, 6.45) is 0. The minimum absolute atomic E-state index is 0.253. The number of aromatic amines is 1. The summed E-state index contributed by atoms with van der Waals surface area (Å²) in [5.41, 5.74) is 2.75. The second-order valence-electron chi connectivity index (χ2n) is 4.78. The molecule has 2 heterocycles. The molecule has 0 atom stereocenters.